The molecule has 1 atom stereocenters. The van der Waals surface area contributed by atoms with E-state index in [1.807, 2.05) is 37.3 Å². The number of nitrogens with one attached hydrogen (secondary N) is 1. The summed E-state index contributed by atoms with van der Waals surface area (Å²) in [4.78, 5) is 18.1. The number of nitriles is 1. The van der Waals surface area contributed by atoms with E-state index in [1.165, 1.54) is 0 Å². The quantitative estimate of drug-likeness (QED) is 0.478. The molecule has 2 heterocycles. The Balaban J connectivity index is 1.45. The lowest BCUT2D eigenvalue weighted by Gasteiger charge is -2.14. The van der Waals surface area contributed by atoms with Crippen LogP contribution in [0.2, 0.25) is 0 Å². The average molecular weight is 446 g/mol. The van der Waals surface area contributed by atoms with Gasteiger partial charge in [0.25, 0.3) is 5.91 Å². The van der Waals surface area contributed by atoms with Gasteiger partial charge in [-0.1, -0.05) is 12.1 Å². The van der Waals surface area contributed by atoms with Crippen LogP contribution in [-0.2, 0) is 4.74 Å². The average Bonchev–Trinajstić information content (AvgIpc) is 3.34. The van der Waals surface area contributed by atoms with Crippen LogP contribution >= 0.6 is 11.8 Å². The maximum Gasteiger partial charge on any atom is 0.256 e. The zero-order valence-electron chi connectivity index (χ0n) is 17.7. The Hall–Kier alpha value is -3.34. The number of nitrogens with zero attached hydrogens (tertiary/aromatic N) is 2. The van der Waals surface area contributed by atoms with Gasteiger partial charge in [0.15, 0.2) is 0 Å². The molecule has 0 spiro atoms. The summed E-state index contributed by atoms with van der Waals surface area (Å²) in [6, 6.07) is 18.4. The van der Waals surface area contributed by atoms with Crippen molar-refractivity contribution in [2.45, 2.75) is 30.8 Å². The van der Waals surface area contributed by atoms with Crippen LogP contribution in [0.1, 0.15) is 34.3 Å². The van der Waals surface area contributed by atoms with Crippen molar-refractivity contribution in [1.82, 2.24) is 4.98 Å². The number of benzene rings is 2. The first kappa shape index (κ1) is 21.9. The molecular formula is C25H23N3O3S. The number of carbonyl (C=O) groups excluding carboxylic acids is 1. The number of amides is 1. The number of aromatic nitrogens is 1. The normalized spacial score (nSPS) is 15.2. The van der Waals surface area contributed by atoms with Gasteiger partial charge < -0.3 is 14.8 Å². The maximum absolute atomic E-state index is 13.0. The fourth-order valence-corrected chi connectivity index (χ4v) is 4.56. The van der Waals surface area contributed by atoms with E-state index in [4.69, 9.17) is 9.47 Å². The summed E-state index contributed by atoms with van der Waals surface area (Å²) < 4.78 is 11.5. The Bertz CT molecular complexity index is 1150. The number of hydrogen-bond acceptors (Lipinski definition) is 6. The zero-order chi connectivity index (χ0) is 22.3. The molecule has 0 radical (unpaired) electrons. The molecule has 4 rings (SSSR count). The van der Waals surface area contributed by atoms with Crippen LogP contribution in [0, 0.1) is 18.3 Å². The van der Waals surface area contributed by atoms with E-state index < -0.39 is 0 Å². The highest BCUT2D eigenvalue weighted by molar-refractivity contribution is 7.99. The van der Waals surface area contributed by atoms with Gasteiger partial charge >= 0.3 is 0 Å². The van der Waals surface area contributed by atoms with Gasteiger partial charge in [-0.15, -0.1) is 11.8 Å². The first-order valence-electron chi connectivity index (χ1n) is 10.4. The van der Waals surface area contributed by atoms with Crippen molar-refractivity contribution in [1.29, 1.82) is 5.26 Å². The third-order valence-electron chi connectivity index (χ3n) is 5.13. The van der Waals surface area contributed by atoms with Crippen molar-refractivity contribution in [2.24, 2.45) is 0 Å². The van der Waals surface area contributed by atoms with E-state index in [0.717, 1.165) is 35.7 Å². The largest absolute Gasteiger partial charge is 0.438 e. The molecule has 1 aromatic heterocycles. The Kier molecular flexibility index (Phi) is 7.05. The summed E-state index contributed by atoms with van der Waals surface area (Å²) in [5.74, 6) is 1.48. The van der Waals surface area contributed by atoms with Crippen LogP contribution in [0.5, 0.6) is 11.6 Å². The lowest BCUT2D eigenvalue weighted by Crippen LogP contribution is -2.14. The van der Waals surface area contributed by atoms with Gasteiger partial charge in [0.1, 0.15) is 17.4 Å². The minimum Gasteiger partial charge on any atom is -0.438 e. The summed E-state index contributed by atoms with van der Waals surface area (Å²) in [6.07, 6.45) is 4.01. The van der Waals surface area contributed by atoms with Gasteiger partial charge in [-0.3, -0.25) is 4.79 Å². The molecule has 1 unspecified atom stereocenters. The van der Waals surface area contributed by atoms with Gasteiger partial charge in [-0.25, -0.2) is 4.98 Å². The number of aryl methyl sites for hydroxylation is 1. The highest BCUT2D eigenvalue weighted by Gasteiger charge is 2.18. The van der Waals surface area contributed by atoms with Crippen LogP contribution in [0.4, 0.5) is 5.69 Å². The highest BCUT2D eigenvalue weighted by Crippen LogP contribution is 2.29. The number of anilines is 1. The molecule has 3 aromatic rings. The third-order valence-corrected chi connectivity index (χ3v) is 6.34. The second-order valence-corrected chi connectivity index (χ2v) is 8.50. The van der Waals surface area contributed by atoms with E-state index in [-0.39, 0.29) is 17.9 Å². The highest BCUT2D eigenvalue weighted by atomic mass is 32.2. The van der Waals surface area contributed by atoms with Crippen molar-refractivity contribution < 1.29 is 14.3 Å². The number of rotatable bonds is 7. The first-order chi connectivity index (χ1) is 15.6. The minimum absolute atomic E-state index is 0.159. The second-order valence-electron chi connectivity index (χ2n) is 7.44. The molecule has 0 saturated carbocycles. The summed E-state index contributed by atoms with van der Waals surface area (Å²) in [6.45, 7) is 2.72. The standard InChI is InChI=1S/C25H23N3O3S/c1-17-14-19(31-25-18(15-26)6-4-12-27-25)10-11-22(17)28-24(29)21-8-2-3-9-23(21)32-16-20-7-5-13-30-20/h2-4,6,8-12,14,20H,5,7,13,16H2,1H3,(H,28,29). The Morgan fingerprint density at radius 2 is 2.16 bits per heavy atom. The van der Waals surface area contributed by atoms with Gasteiger partial charge in [-0.05, 0) is 67.8 Å². The van der Waals surface area contributed by atoms with Gasteiger partial charge in [0.05, 0.1) is 11.7 Å². The molecule has 1 amide bonds. The molecule has 7 heteroatoms. The molecule has 1 N–H and O–H groups in total. The predicted molar refractivity (Wildman–Crippen MR) is 124 cm³/mol. The smallest absolute Gasteiger partial charge is 0.256 e. The van der Waals surface area contributed by atoms with Crippen molar-refractivity contribution in [2.75, 3.05) is 17.7 Å². The lowest BCUT2D eigenvalue weighted by atomic mass is 10.1. The van der Waals surface area contributed by atoms with Crippen LogP contribution in [0.25, 0.3) is 0 Å². The van der Waals surface area contributed by atoms with E-state index in [1.54, 1.807) is 42.2 Å². The molecule has 0 aliphatic carbocycles. The molecule has 162 valence electrons. The van der Waals surface area contributed by atoms with E-state index >= 15 is 0 Å². The van der Waals surface area contributed by atoms with Crippen LogP contribution in [-0.4, -0.2) is 29.4 Å². The van der Waals surface area contributed by atoms with Crippen LogP contribution in [0.3, 0.4) is 0 Å². The monoisotopic (exact) mass is 445 g/mol. The molecule has 0 bridgehead atoms. The van der Waals surface area contributed by atoms with Gasteiger partial charge in [0, 0.05) is 29.1 Å². The molecule has 2 aromatic carbocycles. The Morgan fingerprint density at radius 3 is 2.94 bits per heavy atom. The topological polar surface area (TPSA) is 84.2 Å². The summed E-state index contributed by atoms with van der Waals surface area (Å²) in [5, 5.41) is 12.2. The van der Waals surface area contributed by atoms with Crippen LogP contribution in [0.15, 0.2) is 65.7 Å². The summed E-state index contributed by atoms with van der Waals surface area (Å²) in [5.41, 5.74) is 2.54. The predicted octanol–water partition coefficient (Wildman–Crippen LogP) is 5.58. The first-order valence-corrected chi connectivity index (χ1v) is 11.4. The molecule has 6 nitrogen and oxygen atoms in total. The van der Waals surface area contributed by atoms with Crippen molar-refractivity contribution >= 4 is 23.4 Å². The summed E-state index contributed by atoms with van der Waals surface area (Å²) in [7, 11) is 0. The Morgan fingerprint density at radius 1 is 1.28 bits per heavy atom. The number of pyridine rings is 1. The van der Waals surface area contributed by atoms with Crippen molar-refractivity contribution in [3.05, 3.63) is 77.5 Å². The molecule has 1 aliphatic heterocycles. The summed E-state index contributed by atoms with van der Waals surface area (Å²) >= 11 is 1.66. The van der Waals surface area contributed by atoms with Crippen molar-refractivity contribution in [3.8, 4) is 17.7 Å². The number of carbonyl (C=O) groups is 1. The number of ether oxygens (including phenoxy) is 2. The zero-order valence-corrected chi connectivity index (χ0v) is 18.5. The maximum atomic E-state index is 13.0. The lowest BCUT2D eigenvalue weighted by molar-refractivity contribution is 0.102. The Labute approximate surface area is 191 Å². The van der Waals surface area contributed by atoms with Gasteiger partial charge in [0.2, 0.25) is 5.88 Å². The van der Waals surface area contributed by atoms with Crippen molar-refractivity contribution in [3.63, 3.8) is 0 Å². The SMILES string of the molecule is Cc1cc(Oc2ncccc2C#N)ccc1NC(=O)c1ccccc1SCC1CCCO1. The van der Waals surface area contributed by atoms with Crippen LogP contribution < -0.4 is 10.1 Å². The number of thioether (sulfide) groups is 1. The molecule has 1 saturated heterocycles. The molecule has 32 heavy (non-hydrogen) atoms. The minimum atomic E-state index is -0.159. The van der Waals surface area contributed by atoms with E-state index in [2.05, 4.69) is 16.4 Å². The van der Waals surface area contributed by atoms with Gasteiger partial charge in [-0.2, -0.15) is 5.26 Å². The van der Waals surface area contributed by atoms with E-state index in [9.17, 15) is 10.1 Å². The number of hydrogen-bond donors (Lipinski definition) is 1. The molecular weight excluding hydrogens is 422 g/mol. The molecule has 1 fully saturated rings. The fraction of sp³-hybridized carbons (Fsp3) is 0.240. The second kappa shape index (κ2) is 10.3. The molecule has 1 aliphatic rings. The third kappa shape index (κ3) is 5.28. The van der Waals surface area contributed by atoms with E-state index in [0.29, 0.717) is 22.6 Å². The fourth-order valence-electron chi connectivity index (χ4n) is 3.44.